The SMILES string of the molecule is CNc1cc2[nH]nc(NC)c2cn1. The summed E-state index contributed by atoms with van der Waals surface area (Å²) in [4.78, 5) is 4.20. The maximum Gasteiger partial charge on any atom is 0.157 e. The molecule has 2 aromatic heterocycles. The van der Waals surface area contributed by atoms with E-state index in [0.29, 0.717) is 0 Å². The maximum atomic E-state index is 4.20. The summed E-state index contributed by atoms with van der Waals surface area (Å²) in [6.45, 7) is 0. The molecular weight excluding hydrogens is 166 g/mol. The van der Waals surface area contributed by atoms with Gasteiger partial charge in [-0.05, 0) is 0 Å². The van der Waals surface area contributed by atoms with Crippen LogP contribution in [-0.2, 0) is 0 Å². The summed E-state index contributed by atoms with van der Waals surface area (Å²) in [5.41, 5.74) is 0.976. The van der Waals surface area contributed by atoms with E-state index in [1.54, 1.807) is 6.20 Å². The first-order valence-electron chi connectivity index (χ1n) is 4.05. The number of rotatable bonds is 2. The van der Waals surface area contributed by atoms with Crippen molar-refractivity contribution in [3.63, 3.8) is 0 Å². The number of fused-ring (bicyclic) bond motifs is 1. The van der Waals surface area contributed by atoms with Crippen LogP contribution in [0, 0.1) is 0 Å². The molecule has 0 spiro atoms. The highest BCUT2D eigenvalue weighted by Crippen LogP contribution is 2.20. The Bertz CT molecular complexity index is 419. The predicted octanol–water partition coefficient (Wildman–Crippen LogP) is 1.04. The van der Waals surface area contributed by atoms with Gasteiger partial charge in [0.05, 0.1) is 10.9 Å². The molecule has 0 unspecified atom stereocenters. The van der Waals surface area contributed by atoms with Crippen molar-refractivity contribution in [1.29, 1.82) is 0 Å². The van der Waals surface area contributed by atoms with Crippen LogP contribution in [-0.4, -0.2) is 29.3 Å². The molecule has 0 amide bonds. The van der Waals surface area contributed by atoms with Crippen LogP contribution in [0.2, 0.25) is 0 Å². The monoisotopic (exact) mass is 177 g/mol. The molecule has 0 atom stereocenters. The number of aromatic nitrogens is 3. The van der Waals surface area contributed by atoms with Crippen LogP contribution in [0.3, 0.4) is 0 Å². The molecule has 0 aliphatic carbocycles. The zero-order valence-electron chi connectivity index (χ0n) is 7.55. The molecule has 0 aliphatic rings. The molecule has 0 aliphatic heterocycles. The van der Waals surface area contributed by atoms with Gasteiger partial charge in [-0.3, -0.25) is 5.10 Å². The van der Waals surface area contributed by atoms with E-state index in [2.05, 4.69) is 25.8 Å². The number of aromatic amines is 1. The second kappa shape index (κ2) is 2.93. The Morgan fingerprint density at radius 1 is 1.31 bits per heavy atom. The highest BCUT2D eigenvalue weighted by molar-refractivity contribution is 5.90. The molecule has 5 heteroatoms. The highest BCUT2D eigenvalue weighted by atomic mass is 15.2. The summed E-state index contributed by atoms with van der Waals surface area (Å²) >= 11 is 0. The van der Waals surface area contributed by atoms with Gasteiger partial charge in [0, 0.05) is 26.4 Å². The standard InChI is InChI=1S/C8H11N5/c1-9-7-3-6-5(4-11-7)8(10-2)13-12-6/h3-4H,1-2H3,(H,9,11)(H2,10,12,13). The summed E-state index contributed by atoms with van der Waals surface area (Å²) in [6, 6.07) is 1.92. The topological polar surface area (TPSA) is 65.6 Å². The minimum Gasteiger partial charge on any atom is -0.373 e. The van der Waals surface area contributed by atoms with E-state index < -0.39 is 0 Å². The van der Waals surface area contributed by atoms with Crippen molar-refractivity contribution in [2.75, 3.05) is 24.7 Å². The highest BCUT2D eigenvalue weighted by Gasteiger charge is 2.03. The third-order valence-corrected chi connectivity index (χ3v) is 1.94. The lowest BCUT2D eigenvalue weighted by atomic mass is 10.3. The average molecular weight is 177 g/mol. The molecule has 0 bridgehead atoms. The summed E-state index contributed by atoms with van der Waals surface area (Å²) in [7, 11) is 3.67. The van der Waals surface area contributed by atoms with Crippen molar-refractivity contribution < 1.29 is 0 Å². The summed E-state index contributed by atoms with van der Waals surface area (Å²) in [6.07, 6.45) is 1.79. The first-order valence-corrected chi connectivity index (χ1v) is 4.05. The minimum atomic E-state index is 0.824. The molecule has 0 radical (unpaired) electrons. The Morgan fingerprint density at radius 3 is 2.85 bits per heavy atom. The van der Waals surface area contributed by atoms with E-state index in [9.17, 15) is 0 Å². The van der Waals surface area contributed by atoms with Crippen molar-refractivity contribution in [1.82, 2.24) is 15.2 Å². The lowest BCUT2D eigenvalue weighted by Gasteiger charge is -1.97. The molecule has 0 fully saturated rings. The van der Waals surface area contributed by atoms with Crippen molar-refractivity contribution in [3.8, 4) is 0 Å². The molecule has 68 valence electrons. The average Bonchev–Trinajstić information content (AvgIpc) is 2.59. The number of hydrogen-bond acceptors (Lipinski definition) is 4. The van der Waals surface area contributed by atoms with Crippen LogP contribution < -0.4 is 10.6 Å². The molecule has 13 heavy (non-hydrogen) atoms. The fourth-order valence-corrected chi connectivity index (χ4v) is 1.24. The van der Waals surface area contributed by atoms with Crippen molar-refractivity contribution in [2.45, 2.75) is 0 Å². The summed E-state index contributed by atoms with van der Waals surface area (Å²) < 4.78 is 0. The number of hydrogen-bond donors (Lipinski definition) is 3. The smallest absolute Gasteiger partial charge is 0.157 e. The van der Waals surface area contributed by atoms with E-state index in [4.69, 9.17) is 0 Å². The van der Waals surface area contributed by atoms with Crippen molar-refractivity contribution in [3.05, 3.63) is 12.3 Å². The third kappa shape index (κ3) is 1.18. The fourth-order valence-electron chi connectivity index (χ4n) is 1.24. The summed E-state index contributed by atoms with van der Waals surface area (Å²) in [5, 5.41) is 14.0. The van der Waals surface area contributed by atoms with E-state index in [-0.39, 0.29) is 0 Å². The van der Waals surface area contributed by atoms with E-state index >= 15 is 0 Å². The fraction of sp³-hybridized carbons (Fsp3) is 0.250. The molecule has 0 saturated heterocycles. The Kier molecular flexibility index (Phi) is 1.77. The lowest BCUT2D eigenvalue weighted by molar-refractivity contribution is 1.11. The van der Waals surface area contributed by atoms with Gasteiger partial charge < -0.3 is 10.6 Å². The third-order valence-electron chi connectivity index (χ3n) is 1.94. The van der Waals surface area contributed by atoms with Gasteiger partial charge in [-0.2, -0.15) is 5.10 Å². The van der Waals surface area contributed by atoms with E-state index in [1.807, 2.05) is 20.2 Å². The molecule has 0 saturated carbocycles. The zero-order valence-corrected chi connectivity index (χ0v) is 7.55. The van der Waals surface area contributed by atoms with Gasteiger partial charge in [0.1, 0.15) is 5.82 Å². The van der Waals surface area contributed by atoms with Gasteiger partial charge in [-0.1, -0.05) is 0 Å². The van der Waals surface area contributed by atoms with Crippen LogP contribution in [0.25, 0.3) is 10.9 Å². The van der Waals surface area contributed by atoms with Gasteiger partial charge in [0.2, 0.25) is 0 Å². The first-order chi connectivity index (χ1) is 6.35. The second-order valence-corrected chi connectivity index (χ2v) is 2.69. The second-order valence-electron chi connectivity index (χ2n) is 2.69. The number of pyridine rings is 1. The van der Waals surface area contributed by atoms with Gasteiger partial charge in [-0.25, -0.2) is 4.98 Å². The van der Waals surface area contributed by atoms with Gasteiger partial charge in [0.25, 0.3) is 0 Å². The van der Waals surface area contributed by atoms with E-state index in [0.717, 1.165) is 22.5 Å². The number of nitrogens with one attached hydrogen (secondary N) is 3. The van der Waals surface area contributed by atoms with Crippen LogP contribution in [0.15, 0.2) is 12.3 Å². The molecule has 2 rings (SSSR count). The predicted molar refractivity (Wildman–Crippen MR) is 53.0 cm³/mol. The lowest BCUT2D eigenvalue weighted by Crippen LogP contribution is -1.91. The largest absolute Gasteiger partial charge is 0.373 e. The van der Waals surface area contributed by atoms with Gasteiger partial charge in [-0.15, -0.1) is 0 Å². The molecule has 5 nitrogen and oxygen atoms in total. The number of anilines is 2. The molecule has 0 aromatic carbocycles. The Balaban J connectivity index is 2.61. The van der Waals surface area contributed by atoms with Crippen molar-refractivity contribution >= 4 is 22.5 Å². The Labute approximate surface area is 75.6 Å². The number of nitrogens with zero attached hydrogens (tertiary/aromatic N) is 2. The zero-order chi connectivity index (χ0) is 9.26. The van der Waals surface area contributed by atoms with Gasteiger partial charge in [0.15, 0.2) is 5.82 Å². The van der Waals surface area contributed by atoms with E-state index in [1.165, 1.54) is 0 Å². The Hall–Kier alpha value is -1.78. The van der Waals surface area contributed by atoms with Crippen LogP contribution in [0.1, 0.15) is 0 Å². The molecule has 2 heterocycles. The van der Waals surface area contributed by atoms with Crippen molar-refractivity contribution in [2.24, 2.45) is 0 Å². The molecular formula is C8H11N5. The van der Waals surface area contributed by atoms with Crippen LogP contribution in [0.5, 0.6) is 0 Å². The molecule has 3 N–H and O–H groups in total. The van der Waals surface area contributed by atoms with Gasteiger partial charge >= 0.3 is 0 Å². The maximum absolute atomic E-state index is 4.20. The molecule has 2 aromatic rings. The number of H-pyrrole nitrogens is 1. The summed E-state index contributed by atoms with van der Waals surface area (Å²) in [5.74, 6) is 1.66. The normalized spacial score (nSPS) is 10.3. The quantitative estimate of drug-likeness (QED) is 0.641. The Morgan fingerprint density at radius 2 is 2.15 bits per heavy atom. The minimum absolute atomic E-state index is 0.824. The van der Waals surface area contributed by atoms with Crippen LogP contribution in [0.4, 0.5) is 11.6 Å². The first kappa shape index (κ1) is 7.85. The van der Waals surface area contributed by atoms with Crippen LogP contribution >= 0.6 is 0 Å².